The van der Waals surface area contributed by atoms with E-state index in [2.05, 4.69) is 23.1 Å². The van der Waals surface area contributed by atoms with Gasteiger partial charge in [-0.05, 0) is 37.8 Å². The Morgan fingerprint density at radius 2 is 1.67 bits per heavy atom. The number of hydrogen-bond acceptors (Lipinski definition) is 5. The Labute approximate surface area is 162 Å². The average Bonchev–Trinajstić information content (AvgIpc) is 3.24. The molecule has 140 valence electrons. The van der Waals surface area contributed by atoms with Gasteiger partial charge in [0.1, 0.15) is 0 Å². The molecule has 2 atom stereocenters. The molecular weight excluding hydrogens is 358 g/mol. The molecule has 1 aromatic heterocycles. The Bertz CT molecular complexity index is 854. The molecule has 3 heterocycles. The Balaban J connectivity index is 1.22. The summed E-state index contributed by atoms with van der Waals surface area (Å²) in [7, 11) is 0. The van der Waals surface area contributed by atoms with Crippen LogP contribution in [0.1, 0.15) is 36.6 Å². The van der Waals surface area contributed by atoms with Gasteiger partial charge in [0.25, 0.3) is 0 Å². The van der Waals surface area contributed by atoms with Crippen molar-refractivity contribution in [3.63, 3.8) is 0 Å². The predicted molar refractivity (Wildman–Crippen MR) is 105 cm³/mol. The first-order valence-electron chi connectivity index (χ1n) is 9.79. The first kappa shape index (κ1) is 17.1. The molecule has 0 N–H and O–H groups in total. The van der Waals surface area contributed by atoms with Gasteiger partial charge in [-0.2, -0.15) is 0 Å². The second-order valence-electron chi connectivity index (χ2n) is 7.81. The first-order chi connectivity index (χ1) is 13.2. The van der Waals surface area contributed by atoms with Crippen molar-refractivity contribution in [1.82, 2.24) is 14.8 Å². The lowest BCUT2D eigenvalue weighted by Crippen LogP contribution is -2.44. The Hall–Kier alpha value is -2.05. The van der Waals surface area contributed by atoms with Crippen molar-refractivity contribution in [2.45, 2.75) is 31.6 Å². The molecule has 2 saturated heterocycles. The smallest absolute Gasteiger partial charge is 0.234 e. The van der Waals surface area contributed by atoms with Crippen LogP contribution >= 0.6 is 11.3 Å². The van der Waals surface area contributed by atoms with Crippen LogP contribution in [0, 0.1) is 11.8 Å². The minimum absolute atomic E-state index is 0.0302. The van der Waals surface area contributed by atoms with E-state index in [0.29, 0.717) is 25.4 Å². The molecule has 2 aromatic rings. The summed E-state index contributed by atoms with van der Waals surface area (Å²) >= 11 is 1.80. The number of allylic oxidation sites excluding steroid dienone is 2. The SMILES string of the molecule is O=C1[C@H]2CC=CC[C@H]2C(=O)N1CN1CCC(c2nc3ccccc3s2)CC1. The normalized spacial score (nSPS) is 26.9. The molecule has 0 saturated carbocycles. The number of likely N-dealkylation sites (tertiary alicyclic amines) is 2. The zero-order chi connectivity index (χ0) is 18.4. The number of para-hydroxylation sites is 1. The van der Waals surface area contributed by atoms with Gasteiger partial charge in [0.05, 0.1) is 33.7 Å². The van der Waals surface area contributed by atoms with Gasteiger partial charge in [0.15, 0.2) is 0 Å². The number of rotatable bonds is 3. The van der Waals surface area contributed by atoms with Crippen LogP contribution in [0.2, 0.25) is 0 Å². The zero-order valence-electron chi connectivity index (χ0n) is 15.2. The van der Waals surface area contributed by atoms with Gasteiger partial charge in [0, 0.05) is 19.0 Å². The highest BCUT2D eigenvalue weighted by molar-refractivity contribution is 7.18. The van der Waals surface area contributed by atoms with Crippen molar-refractivity contribution in [2.75, 3.05) is 19.8 Å². The van der Waals surface area contributed by atoms with E-state index in [4.69, 9.17) is 4.98 Å². The molecule has 0 spiro atoms. The van der Waals surface area contributed by atoms with Gasteiger partial charge in [-0.15, -0.1) is 11.3 Å². The van der Waals surface area contributed by atoms with Crippen molar-refractivity contribution in [3.8, 4) is 0 Å². The molecule has 2 amide bonds. The number of nitrogens with zero attached hydrogens (tertiary/aromatic N) is 3. The second-order valence-corrected chi connectivity index (χ2v) is 8.88. The monoisotopic (exact) mass is 381 g/mol. The molecule has 2 aliphatic heterocycles. The maximum absolute atomic E-state index is 12.6. The van der Waals surface area contributed by atoms with E-state index in [0.717, 1.165) is 31.4 Å². The van der Waals surface area contributed by atoms with Gasteiger partial charge in [-0.25, -0.2) is 4.98 Å². The summed E-state index contributed by atoms with van der Waals surface area (Å²) in [6.07, 6.45) is 7.57. The van der Waals surface area contributed by atoms with E-state index >= 15 is 0 Å². The van der Waals surface area contributed by atoms with Crippen LogP contribution in [-0.4, -0.2) is 46.4 Å². The maximum atomic E-state index is 12.6. The molecule has 0 radical (unpaired) electrons. The number of imide groups is 1. The number of benzene rings is 1. The van der Waals surface area contributed by atoms with Crippen molar-refractivity contribution in [2.24, 2.45) is 11.8 Å². The number of carbonyl (C=O) groups excluding carboxylic acids is 2. The number of amides is 2. The number of carbonyl (C=O) groups is 2. The highest BCUT2D eigenvalue weighted by Gasteiger charge is 2.47. The van der Waals surface area contributed by atoms with E-state index in [-0.39, 0.29) is 23.7 Å². The molecule has 2 fully saturated rings. The third kappa shape index (κ3) is 3.01. The minimum Gasteiger partial charge on any atom is -0.286 e. The fourth-order valence-electron chi connectivity index (χ4n) is 4.59. The fourth-order valence-corrected chi connectivity index (χ4v) is 5.73. The lowest BCUT2D eigenvalue weighted by molar-refractivity contribution is -0.142. The number of piperidine rings is 1. The lowest BCUT2D eigenvalue weighted by Gasteiger charge is -2.33. The second kappa shape index (κ2) is 6.84. The summed E-state index contributed by atoms with van der Waals surface area (Å²) in [6.45, 7) is 2.27. The number of fused-ring (bicyclic) bond motifs is 2. The molecular formula is C21H23N3O2S. The maximum Gasteiger partial charge on any atom is 0.234 e. The summed E-state index contributed by atoms with van der Waals surface area (Å²) in [5.41, 5.74) is 1.09. The summed E-state index contributed by atoms with van der Waals surface area (Å²) in [5.74, 6) is 0.297. The van der Waals surface area contributed by atoms with Crippen LogP contribution in [0.25, 0.3) is 10.2 Å². The highest BCUT2D eigenvalue weighted by atomic mass is 32.1. The topological polar surface area (TPSA) is 53.5 Å². The molecule has 6 heteroatoms. The van der Waals surface area contributed by atoms with Crippen LogP contribution in [-0.2, 0) is 9.59 Å². The molecule has 5 nitrogen and oxygen atoms in total. The largest absolute Gasteiger partial charge is 0.286 e. The molecule has 0 bridgehead atoms. The van der Waals surface area contributed by atoms with Gasteiger partial charge in [0.2, 0.25) is 11.8 Å². The van der Waals surface area contributed by atoms with Gasteiger partial charge < -0.3 is 0 Å². The fraction of sp³-hybridized carbons (Fsp3) is 0.476. The van der Waals surface area contributed by atoms with Crippen molar-refractivity contribution in [1.29, 1.82) is 0 Å². The minimum atomic E-state index is -0.122. The van der Waals surface area contributed by atoms with E-state index in [1.807, 2.05) is 18.2 Å². The van der Waals surface area contributed by atoms with E-state index in [9.17, 15) is 9.59 Å². The molecule has 3 aliphatic rings. The van der Waals surface area contributed by atoms with Gasteiger partial charge in [-0.1, -0.05) is 24.3 Å². The van der Waals surface area contributed by atoms with E-state index < -0.39 is 0 Å². The predicted octanol–water partition coefficient (Wildman–Crippen LogP) is 3.38. The number of hydrogen-bond donors (Lipinski definition) is 0. The Kier molecular flexibility index (Phi) is 4.32. The van der Waals surface area contributed by atoms with Crippen LogP contribution in [0.3, 0.4) is 0 Å². The van der Waals surface area contributed by atoms with Crippen LogP contribution in [0.15, 0.2) is 36.4 Å². The quantitative estimate of drug-likeness (QED) is 0.604. The standard InChI is InChI=1S/C21H23N3O2S/c25-20-15-5-1-2-6-16(15)21(26)24(20)13-23-11-9-14(10-12-23)19-22-17-7-3-4-8-18(17)27-19/h1-4,7-8,14-16H,5-6,9-13H2/t15-,16+. The average molecular weight is 382 g/mol. The van der Waals surface area contributed by atoms with Crippen molar-refractivity contribution < 1.29 is 9.59 Å². The van der Waals surface area contributed by atoms with Gasteiger partial charge in [-0.3, -0.25) is 19.4 Å². The summed E-state index contributed by atoms with van der Waals surface area (Å²) in [6, 6.07) is 8.30. The zero-order valence-corrected chi connectivity index (χ0v) is 16.0. The molecule has 1 aliphatic carbocycles. The van der Waals surface area contributed by atoms with Gasteiger partial charge >= 0.3 is 0 Å². The summed E-state index contributed by atoms with van der Waals surface area (Å²) in [5, 5.41) is 1.22. The van der Waals surface area contributed by atoms with E-state index in [1.54, 1.807) is 11.3 Å². The third-order valence-corrected chi connectivity index (χ3v) is 7.39. The van der Waals surface area contributed by atoms with Crippen molar-refractivity contribution in [3.05, 3.63) is 41.4 Å². The number of thiazole rings is 1. The molecule has 0 unspecified atom stereocenters. The first-order valence-corrected chi connectivity index (χ1v) is 10.6. The van der Waals surface area contributed by atoms with E-state index in [1.165, 1.54) is 14.6 Å². The third-order valence-electron chi connectivity index (χ3n) is 6.19. The van der Waals surface area contributed by atoms with Crippen LogP contribution < -0.4 is 0 Å². The van der Waals surface area contributed by atoms with Crippen LogP contribution in [0.4, 0.5) is 0 Å². The molecule has 5 rings (SSSR count). The highest BCUT2D eigenvalue weighted by Crippen LogP contribution is 2.37. The summed E-state index contributed by atoms with van der Waals surface area (Å²) < 4.78 is 1.25. The lowest BCUT2D eigenvalue weighted by atomic mass is 9.85. The molecule has 27 heavy (non-hydrogen) atoms. The molecule has 1 aromatic carbocycles. The van der Waals surface area contributed by atoms with Crippen molar-refractivity contribution >= 4 is 33.4 Å². The van der Waals surface area contributed by atoms with Crippen LogP contribution in [0.5, 0.6) is 0 Å². The Morgan fingerprint density at radius 3 is 2.33 bits per heavy atom. The number of aromatic nitrogens is 1. The Morgan fingerprint density at radius 1 is 1.00 bits per heavy atom. The summed E-state index contributed by atoms with van der Waals surface area (Å²) in [4.78, 5) is 33.9.